The SMILES string of the molecule is Cc1cc(Sc2ccc(Nc3ccc(NC(C)CC(C)C)c(C)c3)c(C)c2)ccc1Nc1ccc(NC(C)CC(C)C)c(C)c1. The number of anilines is 6. The van der Waals surface area contributed by atoms with Gasteiger partial charge in [0.2, 0.25) is 0 Å². The fourth-order valence-electron chi connectivity index (χ4n) is 6.00. The molecule has 0 amide bonds. The monoisotopic (exact) mass is 622 g/mol. The highest BCUT2D eigenvalue weighted by Gasteiger charge is 2.11. The molecule has 240 valence electrons. The Hall–Kier alpha value is -3.57. The highest BCUT2D eigenvalue weighted by molar-refractivity contribution is 7.99. The van der Waals surface area contributed by atoms with Crippen LogP contribution in [0.15, 0.2) is 82.6 Å². The lowest BCUT2D eigenvalue weighted by molar-refractivity contribution is 0.539. The highest BCUT2D eigenvalue weighted by Crippen LogP contribution is 2.35. The summed E-state index contributed by atoms with van der Waals surface area (Å²) in [5, 5.41) is 14.6. The van der Waals surface area contributed by atoms with E-state index >= 15 is 0 Å². The molecule has 0 radical (unpaired) electrons. The van der Waals surface area contributed by atoms with E-state index in [4.69, 9.17) is 0 Å². The van der Waals surface area contributed by atoms with E-state index in [1.807, 2.05) is 0 Å². The molecule has 0 aliphatic heterocycles. The second-order valence-corrected chi connectivity index (χ2v) is 14.9. The van der Waals surface area contributed by atoms with E-state index in [0.717, 1.165) is 35.6 Å². The van der Waals surface area contributed by atoms with Crippen molar-refractivity contribution in [2.45, 2.75) is 104 Å². The summed E-state index contributed by atoms with van der Waals surface area (Å²) >= 11 is 1.80. The molecule has 4 rings (SSSR count). The summed E-state index contributed by atoms with van der Waals surface area (Å²) in [4.78, 5) is 2.47. The van der Waals surface area contributed by atoms with Crippen molar-refractivity contribution in [2.24, 2.45) is 11.8 Å². The van der Waals surface area contributed by atoms with Gasteiger partial charge in [-0.05, 0) is 161 Å². The van der Waals surface area contributed by atoms with Gasteiger partial charge < -0.3 is 21.3 Å². The van der Waals surface area contributed by atoms with Gasteiger partial charge in [0.25, 0.3) is 0 Å². The van der Waals surface area contributed by atoms with Gasteiger partial charge in [0.05, 0.1) is 0 Å². The summed E-state index contributed by atoms with van der Waals surface area (Å²) < 4.78 is 0. The van der Waals surface area contributed by atoms with Crippen LogP contribution in [0.3, 0.4) is 0 Å². The van der Waals surface area contributed by atoms with Crippen LogP contribution in [0.5, 0.6) is 0 Å². The number of aryl methyl sites for hydroxylation is 4. The van der Waals surface area contributed by atoms with Crippen molar-refractivity contribution in [3.05, 3.63) is 95.1 Å². The number of rotatable bonds is 14. The van der Waals surface area contributed by atoms with Crippen molar-refractivity contribution in [2.75, 3.05) is 21.3 Å². The molecule has 0 saturated carbocycles. The minimum absolute atomic E-state index is 0.457. The third kappa shape index (κ3) is 10.2. The van der Waals surface area contributed by atoms with Crippen LogP contribution in [0.25, 0.3) is 0 Å². The molecule has 4 aromatic rings. The molecular weight excluding hydrogens is 569 g/mol. The zero-order valence-corrected chi connectivity index (χ0v) is 29.9. The number of nitrogens with one attached hydrogen (secondary N) is 4. The third-order valence-electron chi connectivity index (χ3n) is 8.10. The van der Waals surface area contributed by atoms with E-state index < -0.39 is 0 Å². The van der Waals surface area contributed by atoms with E-state index in [2.05, 4.69) is 163 Å². The van der Waals surface area contributed by atoms with Crippen LogP contribution in [-0.2, 0) is 0 Å². The minimum atomic E-state index is 0.457. The van der Waals surface area contributed by atoms with Gasteiger partial charge in [-0.1, -0.05) is 39.5 Å². The van der Waals surface area contributed by atoms with Crippen LogP contribution in [0, 0.1) is 39.5 Å². The quantitative estimate of drug-likeness (QED) is 0.113. The average molecular weight is 623 g/mol. The second kappa shape index (κ2) is 15.6. The molecule has 0 fully saturated rings. The number of benzene rings is 4. The van der Waals surface area contributed by atoms with Crippen molar-refractivity contribution in [3.63, 3.8) is 0 Å². The van der Waals surface area contributed by atoms with Gasteiger partial charge in [0, 0.05) is 56.0 Å². The molecule has 0 heterocycles. The summed E-state index contributed by atoms with van der Waals surface area (Å²) in [5.74, 6) is 1.37. The van der Waals surface area contributed by atoms with Crippen LogP contribution in [0.1, 0.15) is 76.6 Å². The normalized spacial score (nSPS) is 12.7. The van der Waals surface area contributed by atoms with Crippen molar-refractivity contribution in [1.29, 1.82) is 0 Å². The van der Waals surface area contributed by atoms with E-state index in [-0.39, 0.29) is 0 Å². The predicted octanol–water partition coefficient (Wildman–Crippen LogP) is 12.3. The molecule has 0 saturated heterocycles. The first-order valence-electron chi connectivity index (χ1n) is 16.5. The molecule has 5 heteroatoms. The summed E-state index contributed by atoms with van der Waals surface area (Å²) in [6.45, 7) is 22.3. The Balaban J connectivity index is 1.36. The maximum atomic E-state index is 3.67. The Kier molecular flexibility index (Phi) is 11.9. The van der Waals surface area contributed by atoms with Gasteiger partial charge in [-0.3, -0.25) is 0 Å². The lowest BCUT2D eigenvalue weighted by atomic mass is 10.0. The summed E-state index contributed by atoms with van der Waals surface area (Å²) in [6.07, 6.45) is 2.32. The van der Waals surface area contributed by atoms with Crippen LogP contribution in [0.2, 0.25) is 0 Å². The first-order chi connectivity index (χ1) is 21.4. The molecular formula is C40H54N4S. The Labute approximate surface area is 277 Å². The van der Waals surface area contributed by atoms with Gasteiger partial charge in [0.15, 0.2) is 0 Å². The lowest BCUT2D eigenvalue weighted by Crippen LogP contribution is -2.18. The van der Waals surface area contributed by atoms with Gasteiger partial charge in [-0.25, -0.2) is 0 Å². The first kappa shape index (κ1) is 34.3. The molecule has 45 heavy (non-hydrogen) atoms. The smallest absolute Gasteiger partial charge is 0.0414 e. The number of hydrogen-bond donors (Lipinski definition) is 4. The molecule has 0 bridgehead atoms. The Morgan fingerprint density at radius 2 is 0.822 bits per heavy atom. The first-order valence-corrected chi connectivity index (χ1v) is 17.4. The van der Waals surface area contributed by atoms with Crippen molar-refractivity contribution >= 4 is 45.9 Å². The van der Waals surface area contributed by atoms with Gasteiger partial charge >= 0.3 is 0 Å². The Morgan fingerprint density at radius 3 is 1.16 bits per heavy atom. The molecule has 0 aliphatic rings. The van der Waals surface area contributed by atoms with Crippen molar-refractivity contribution in [3.8, 4) is 0 Å². The fourth-order valence-corrected chi connectivity index (χ4v) is 7.01. The molecule has 4 aromatic carbocycles. The highest BCUT2D eigenvalue weighted by atomic mass is 32.2. The molecule has 4 N–H and O–H groups in total. The minimum Gasteiger partial charge on any atom is -0.382 e. The Morgan fingerprint density at radius 1 is 0.467 bits per heavy atom. The molecule has 0 aromatic heterocycles. The van der Waals surface area contributed by atoms with E-state index in [9.17, 15) is 0 Å². The lowest BCUT2D eigenvalue weighted by Gasteiger charge is -2.20. The van der Waals surface area contributed by atoms with E-state index in [1.165, 1.54) is 43.4 Å². The van der Waals surface area contributed by atoms with E-state index in [1.54, 1.807) is 11.8 Å². The average Bonchev–Trinajstić information content (AvgIpc) is 2.94. The largest absolute Gasteiger partial charge is 0.382 e. The summed E-state index contributed by atoms with van der Waals surface area (Å²) in [6, 6.07) is 27.4. The van der Waals surface area contributed by atoms with Gasteiger partial charge in [0.1, 0.15) is 0 Å². The van der Waals surface area contributed by atoms with Gasteiger partial charge in [-0.2, -0.15) is 0 Å². The zero-order chi connectivity index (χ0) is 32.7. The van der Waals surface area contributed by atoms with Crippen LogP contribution in [-0.4, -0.2) is 12.1 Å². The third-order valence-corrected chi connectivity index (χ3v) is 9.08. The molecule has 4 nitrogen and oxygen atoms in total. The Bertz CT molecular complexity index is 1460. The zero-order valence-electron chi connectivity index (χ0n) is 29.1. The molecule has 0 spiro atoms. The maximum absolute atomic E-state index is 3.67. The molecule has 0 aliphatic carbocycles. The van der Waals surface area contributed by atoms with Crippen molar-refractivity contribution < 1.29 is 0 Å². The molecule has 2 atom stereocenters. The predicted molar refractivity (Wildman–Crippen MR) is 200 cm³/mol. The topological polar surface area (TPSA) is 48.1 Å². The van der Waals surface area contributed by atoms with E-state index in [0.29, 0.717) is 23.9 Å². The molecule has 2 unspecified atom stereocenters. The fraction of sp³-hybridized carbons (Fsp3) is 0.400. The van der Waals surface area contributed by atoms with Crippen LogP contribution in [0.4, 0.5) is 34.1 Å². The second-order valence-electron chi connectivity index (χ2n) is 13.7. The van der Waals surface area contributed by atoms with Gasteiger partial charge in [-0.15, -0.1) is 0 Å². The summed E-state index contributed by atoms with van der Waals surface area (Å²) in [5.41, 5.74) is 11.9. The van der Waals surface area contributed by atoms with Crippen LogP contribution >= 0.6 is 11.8 Å². The van der Waals surface area contributed by atoms with Crippen LogP contribution < -0.4 is 21.3 Å². The summed E-state index contributed by atoms with van der Waals surface area (Å²) in [7, 11) is 0. The number of hydrogen-bond acceptors (Lipinski definition) is 5. The maximum Gasteiger partial charge on any atom is 0.0414 e. The standard InChI is InChI=1S/C40H54N4S/c1-25(2)19-31(9)41-37-15-11-33(21-27(37)5)43-39-17-13-35(23-29(39)7)45-36-14-18-40(30(8)24-36)44-34-12-16-38(28(6)22-34)42-32(10)20-26(3)4/h11-18,21-26,31-32,41-44H,19-20H2,1-10H3. The van der Waals surface area contributed by atoms with Crippen molar-refractivity contribution in [1.82, 2.24) is 0 Å².